The van der Waals surface area contributed by atoms with Gasteiger partial charge in [0.05, 0.1) is 6.04 Å². The molecule has 0 radical (unpaired) electrons. The van der Waals surface area contributed by atoms with E-state index in [1.165, 1.54) is 29.7 Å². The Kier molecular flexibility index (Phi) is 6.54. The van der Waals surface area contributed by atoms with Crippen molar-refractivity contribution in [3.05, 3.63) is 65.2 Å². The van der Waals surface area contributed by atoms with E-state index < -0.39 is 0 Å². The summed E-state index contributed by atoms with van der Waals surface area (Å²) in [6, 6.07) is 17.1. The fourth-order valence-corrected chi connectivity index (χ4v) is 3.81. The number of piperidine rings is 1. The van der Waals surface area contributed by atoms with Crippen LogP contribution in [0.3, 0.4) is 0 Å². The largest absolute Gasteiger partial charge is 0.371 e. The van der Waals surface area contributed by atoms with E-state index in [0.717, 1.165) is 31.0 Å². The van der Waals surface area contributed by atoms with Gasteiger partial charge in [0.1, 0.15) is 0 Å². The normalized spacial score (nSPS) is 18.2. The predicted octanol–water partition coefficient (Wildman–Crippen LogP) is 5.04. The molecule has 1 amide bonds. The maximum absolute atomic E-state index is 12.3. The molecule has 1 aliphatic heterocycles. The lowest BCUT2D eigenvalue weighted by molar-refractivity contribution is -0.121. The number of hydrogen-bond acceptors (Lipinski definition) is 2. The maximum Gasteiger partial charge on any atom is 0.220 e. The fraction of sp³-hybridized carbons (Fsp3) is 0.458. The molecule has 2 aromatic carbocycles. The average Bonchev–Trinajstić information content (AvgIpc) is 2.67. The van der Waals surface area contributed by atoms with Gasteiger partial charge in [0.2, 0.25) is 5.91 Å². The lowest BCUT2D eigenvalue weighted by Gasteiger charge is -2.33. The topological polar surface area (TPSA) is 32.3 Å². The van der Waals surface area contributed by atoms with Crippen molar-refractivity contribution in [2.45, 2.75) is 52.5 Å². The third-order valence-corrected chi connectivity index (χ3v) is 5.55. The number of aryl methyl sites for hydroxylation is 2. The Morgan fingerprint density at radius 3 is 2.52 bits per heavy atom. The Morgan fingerprint density at radius 2 is 1.85 bits per heavy atom. The van der Waals surface area contributed by atoms with Crippen LogP contribution >= 0.6 is 0 Å². The molecule has 1 saturated heterocycles. The minimum absolute atomic E-state index is 0.0323. The number of nitrogens with one attached hydrogen (secondary N) is 1. The van der Waals surface area contributed by atoms with Crippen molar-refractivity contribution in [3.63, 3.8) is 0 Å². The van der Waals surface area contributed by atoms with E-state index in [1.54, 1.807) is 0 Å². The van der Waals surface area contributed by atoms with Gasteiger partial charge in [-0.25, -0.2) is 0 Å². The SMILES string of the molecule is Cc1ccc(CCC(=O)N[C@@H](C)c2ccc(N3CCC[C@@H](C)C3)cc2)cc1. The average molecular weight is 365 g/mol. The van der Waals surface area contributed by atoms with E-state index in [-0.39, 0.29) is 11.9 Å². The number of carbonyl (C=O) groups is 1. The van der Waals surface area contributed by atoms with E-state index >= 15 is 0 Å². The van der Waals surface area contributed by atoms with Gasteiger partial charge in [0, 0.05) is 25.2 Å². The summed E-state index contributed by atoms with van der Waals surface area (Å²) < 4.78 is 0. The highest BCUT2D eigenvalue weighted by Gasteiger charge is 2.17. The second kappa shape index (κ2) is 9.07. The minimum atomic E-state index is 0.0323. The lowest BCUT2D eigenvalue weighted by Crippen LogP contribution is -2.34. The standard InChI is InChI=1S/C24H32N2O/c1-18-6-8-21(9-7-18)10-15-24(27)25-20(3)22-11-13-23(14-12-22)26-16-4-5-19(2)17-26/h6-9,11-14,19-20H,4-5,10,15-17H2,1-3H3,(H,25,27)/t19-,20+/m1/s1. The van der Waals surface area contributed by atoms with E-state index in [4.69, 9.17) is 0 Å². The highest BCUT2D eigenvalue weighted by atomic mass is 16.1. The van der Waals surface area contributed by atoms with E-state index in [1.807, 2.05) is 0 Å². The summed E-state index contributed by atoms with van der Waals surface area (Å²) in [5.41, 5.74) is 4.92. The quantitative estimate of drug-likeness (QED) is 0.779. The fourth-order valence-electron chi connectivity index (χ4n) is 3.81. The molecule has 0 unspecified atom stereocenters. The number of amides is 1. The zero-order valence-corrected chi connectivity index (χ0v) is 16.9. The summed E-state index contributed by atoms with van der Waals surface area (Å²) in [6.45, 7) is 8.76. The third kappa shape index (κ3) is 5.59. The number of anilines is 1. The second-order valence-corrected chi connectivity index (χ2v) is 8.06. The van der Waals surface area contributed by atoms with Crippen molar-refractivity contribution < 1.29 is 4.79 Å². The first-order valence-electron chi connectivity index (χ1n) is 10.2. The predicted molar refractivity (Wildman–Crippen MR) is 113 cm³/mol. The van der Waals surface area contributed by atoms with Crippen molar-refractivity contribution in [1.82, 2.24) is 5.32 Å². The Balaban J connectivity index is 1.50. The molecule has 3 heteroatoms. The number of carbonyl (C=O) groups excluding carboxylic acids is 1. The smallest absolute Gasteiger partial charge is 0.220 e. The summed E-state index contributed by atoms with van der Waals surface area (Å²) in [5.74, 6) is 0.877. The first kappa shape index (κ1) is 19.5. The second-order valence-electron chi connectivity index (χ2n) is 8.06. The van der Waals surface area contributed by atoms with Crippen LogP contribution in [0.2, 0.25) is 0 Å². The molecule has 3 rings (SSSR count). The van der Waals surface area contributed by atoms with Gasteiger partial charge < -0.3 is 10.2 Å². The molecule has 144 valence electrons. The van der Waals surface area contributed by atoms with Gasteiger partial charge in [-0.05, 0) is 62.3 Å². The van der Waals surface area contributed by atoms with E-state index in [9.17, 15) is 4.79 Å². The number of nitrogens with zero attached hydrogens (tertiary/aromatic N) is 1. The third-order valence-electron chi connectivity index (χ3n) is 5.55. The van der Waals surface area contributed by atoms with Crippen LogP contribution in [0.1, 0.15) is 55.8 Å². The van der Waals surface area contributed by atoms with E-state index in [2.05, 4.69) is 79.5 Å². The van der Waals surface area contributed by atoms with Gasteiger partial charge >= 0.3 is 0 Å². The van der Waals surface area contributed by atoms with Crippen LogP contribution < -0.4 is 10.2 Å². The molecule has 0 bridgehead atoms. The molecule has 27 heavy (non-hydrogen) atoms. The van der Waals surface area contributed by atoms with Crippen molar-refractivity contribution in [2.24, 2.45) is 5.92 Å². The highest BCUT2D eigenvalue weighted by Crippen LogP contribution is 2.24. The van der Waals surface area contributed by atoms with Crippen LogP contribution in [-0.4, -0.2) is 19.0 Å². The molecule has 2 atom stereocenters. The van der Waals surface area contributed by atoms with Crippen molar-refractivity contribution in [3.8, 4) is 0 Å². The molecule has 0 aliphatic carbocycles. The molecule has 2 aromatic rings. The molecule has 1 heterocycles. The zero-order valence-electron chi connectivity index (χ0n) is 16.9. The first-order valence-corrected chi connectivity index (χ1v) is 10.2. The number of rotatable bonds is 6. The van der Waals surface area contributed by atoms with Crippen molar-refractivity contribution in [1.29, 1.82) is 0 Å². The van der Waals surface area contributed by atoms with Gasteiger partial charge in [-0.3, -0.25) is 4.79 Å². The summed E-state index contributed by atoms with van der Waals surface area (Å²) in [4.78, 5) is 14.8. The number of hydrogen-bond donors (Lipinski definition) is 1. The summed E-state index contributed by atoms with van der Waals surface area (Å²) >= 11 is 0. The molecule has 1 fully saturated rings. The van der Waals surface area contributed by atoms with Crippen LogP contribution in [0, 0.1) is 12.8 Å². The Hall–Kier alpha value is -2.29. The Labute approximate surface area is 163 Å². The van der Waals surface area contributed by atoms with Crippen LogP contribution in [0.4, 0.5) is 5.69 Å². The van der Waals surface area contributed by atoms with Gasteiger partial charge in [-0.1, -0.05) is 48.9 Å². The van der Waals surface area contributed by atoms with Crippen molar-refractivity contribution >= 4 is 11.6 Å². The van der Waals surface area contributed by atoms with E-state index in [0.29, 0.717) is 6.42 Å². The first-order chi connectivity index (χ1) is 13.0. The summed E-state index contributed by atoms with van der Waals surface area (Å²) in [7, 11) is 0. The molecular formula is C24H32N2O. The molecule has 1 aliphatic rings. The van der Waals surface area contributed by atoms with Gasteiger partial charge in [0.25, 0.3) is 0 Å². The van der Waals surface area contributed by atoms with Crippen LogP contribution in [0.25, 0.3) is 0 Å². The molecule has 0 aromatic heterocycles. The lowest BCUT2D eigenvalue weighted by atomic mass is 9.99. The maximum atomic E-state index is 12.3. The molecule has 3 nitrogen and oxygen atoms in total. The minimum Gasteiger partial charge on any atom is -0.371 e. The van der Waals surface area contributed by atoms with Gasteiger partial charge in [0.15, 0.2) is 0 Å². The monoisotopic (exact) mass is 364 g/mol. The van der Waals surface area contributed by atoms with Gasteiger partial charge in [-0.15, -0.1) is 0 Å². The Bertz CT molecular complexity index is 736. The zero-order chi connectivity index (χ0) is 19.2. The summed E-state index contributed by atoms with van der Waals surface area (Å²) in [6.07, 6.45) is 3.92. The van der Waals surface area contributed by atoms with Crippen LogP contribution in [0.5, 0.6) is 0 Å². The van der Waals surface area contributed by atoms with Crippen LogP contribution in [-0.2, 0) is 11.2 Å². The molecule has 1 N–H and O–H groups in total. The molecule has 0 spiro atoms. The Morgan fingerprint density at radius 1 is 1.15 bits per heavy atom. The van der Waals surface area contributed by atoms with Gasteiger partial charge in [-0.2, -0.15) is 0 Å². The molecular weight excluding hydrogens is 332 g/mol. The molecule has 0 saturated carbocycles. The highest BCUT2D eigenvalue weighted by molar-refractivity contribution is 5.76. The van der Waals surface area contributed by atoms with Crippen LogP contribution in [0.15, 0.2) is 48.5 Å². The van der Waals surface area contributed by atoms with Crippen molar-refractivity contribution in [2.75, 3.05) is 18.0 Å². The summed E-state index contributed by atoms with van der Waals surface area (Å²) in [5, 5.41) is 3.13. The number of benzene rings is 2.